The highest BCUT2D eigenvalue weighted by atomic mass is 32.1. The molecule has 180 valence electrons. The van der Waals surface area contributed by atoms with Gasteiger partial charge in [-0.2, -0.15) is 13.2 Å². The van der Waals surface area contributed by atoms with Crippen LogP contribution in [0.5, 0.6) is 0 Å². The van der Waals surface area contributed by atoms with Crippen molar-refractivity contribution in [2.45, 2.75) is 31.1 Å². The number of alkyl halides is 3. The highest BCUT2D eigenvalue weighted by Crippen LogP contribution is 2.39. The molecule has 1 amide bonds. The smallest absolute Gasteiger partial charge is 0.475 e. The topological polar surface area (TPSA) is 95.0 Å². The molecule has 0 radical (unpaired) electrons. The quantitative estimate of drug-likeness (QED) is 0.670. The standard InChI is InChI=1S/C19H24N4O2S.C2HF3O2/c1-25-12-11-23-16-5-3-2-4-15(16)21-19(18(23)24)6-9-22(10-7-19)14-17-20-8-13-26-17;3-2(4,5)1(6)7/h2-5,8,13,21H,6-7,9-12,14H2,1H3;(H,6,7). The van der Waals surface area contributed by atoms with Crippen LogP contribution in [0.25, 0.3) is 0 Å². The molecule has 33 heavy (non-hydrogen) atoms. The lowest BCUT2D eigenvalue weighted by atomic mass is 9.83. The zero-order valence-corrected chi connectivity index (χ0v) is 18.8. The molecule has 2 aliphatic rings. The van der Waals surface area contributed by atoms with Crippen molar-refractivity contribution >= 4 is 34.6 Å². The summed E-state index contributed by atoms with van der Waals surface area (Å²) in [6.07, 6.45) is -1.63. The van der Waals surface area contributed by atoms with E-state index in [9.17, 15) is 18.0 Å². The van der Waals surface area contributed by atoms with Crippen molar-refractivity contribution in [3.05, 3.63) is 40.8 Å². The van der Waals surface area contributed by atoms with Crippen LogP contribution in [-0.4, -0.2) is 71.9 Å². The number of aliphatic carboxylic acids is 1. The van der Waals surface area contributed by atoms with E-state index >= 15 is 0 Å². The molecule has 1 aromatic carbocycles. The van der Waals surface area contributed by atoms with Gasteiger partial charge < -0.3 is 20.1 Å². The van der Waals surface area contributed by atoms with Crippen molar-refractivity contribution in [2.24, 2.45) is 0 Å². The second-order valence-electron chi connectivity index (χ2n) is 7.68. The number of piperidine rings is 1. The highest BCUT2D eigenvalue weighted by molar-refractivity contribution is 7.09. The molecular weight excluding hydrogens is 461 g/mol. The first kappa shape index (κ1) is 24.9. The number of carboxylic acid groups (broad SMARTS) is 1. The van der Waals surface area contributed by atoms with Crippen molar-refractivity contribution in [3.8, 4) is 0 Å². The summed E-state index contributed by atoms with van der Waals surface area (Å²) in [5.41, 5.74) is 1.48. The van der Waals surface area contributed by atoms with Gasteiger partial charge in [-0.1, -0.05) is 12.1 Å². The van der Waals surface area contributed by atoms with Gasteiger partial charge in [-0.3, -0.25) is 9.69 Å². The van der Waals surface area contributed by atoms with Gasteiger partial charge in [0.25, 0.3) is 5.91 Å². The van der Waals surface area contributed by atoms with Crippen molar-refractivity contribution in [1.29, 1.82) is 0 Å². The predicted molar refractivity (Wildman–Crippen MR) is 117 cm³/mol. The van der Waals surface area contributed by atoms with E-state index in [2.05, 4.69) is 21.3 Å². The molecule has 1 saturated heterocycles. The van der Waals surface area contributed by atoms with E-state index < -0.39 is 17.7 Å². The Bertz CT molecular complexity index is 947. The van der Waals surface area contributed by atoms with Gasteiger partial charge in [-0.05, 0) is 25.0 Å². The molecular formula is C21H25F3N4O4S. The number of aromatic nitrogens is 1. The van der Waals surface area contributed by atoms with Crippen LogP contribution in [0.4, 0.5) is 24.5 Å². The average molecular weight is 487 g/mol. The average Bonchev–Trinajstić information content (AvgIpc) is 3.29. The molecule has 1 aromatic heterocycles. The van der Waals surface area contributed by atoms with Crippen LogP contribution >= 0.6 is 11.3 Å². The zero-order valence-electron chi connectivity index (χ0n) is 18.0. The molecule has 8 nitrogen and oxygen atoms in total. The van der Waals surface area contributed by atoms with Gasteiger partial charge in [0.2, 0.25) is 0 Å². The molecule has 2 N–H and O–H groups in total. The monoisotopic (exact) mass is 486 g/mol. The van der Waals surface area contributed by atoms with E-state index in [1.165, 1.54) is 0 Å². The van der Waals surface area contributed by atoms with E-state index in [0.29, 0.717) is 13.2 Å². The largest absolute Gasteiger partial charge is 0.490 e. The van der Waals surface area contributed by atoms with Gasteiger partial charge in [-0.15, -0.1) is 11.3 Å². The number of para-hydroxylation sites is 2. The van der Waals surface area contributed by atoms with Gasteiger partial charge in [-0.25, -0.2) is 9.78 Å². The Hall–Kier alpha value is -2.70. The maximum absolute atomic E-state index is 13.4. The number of thiazole rings is 1. The third kappa shape index (κ3) is 6.01. The molecule has 0 unspecified atom stereocenters. The lowest BCUT2D eigenvalue weighted by Gasteiger charge is -2.47. The minimum Gasteiger partial charge on any atom is -0.475 e. The Morgan fingerprint density at radius 2 is 1.97 bits per heavy atom. The first-order valence-electron chi connectivity index (χ1n) is 10.3. The molecule has 4 rings (SSSR count). The number of anilines is 2. The van der Waals surface area contributed by atoms with E-state index in [0.717, 1.165) is 48.9 Å². The second-order valence-corrected chi connectivity index (χ2v) is 8.66. The predicted octanol–water partition coefficient (Wildman–Crippen LogP) is 3.22. The highest BCUT2D eigenvalue weighted by Gasteiger charge is 2.47. The fourth-order valence-corrected chi connectivity index (χ4v) is 4.51. The molecule has 1 fully saturated rings. The van der Waals surface area contributed by atoms with E-state index in [-0.39, 0.29) is 5.91 Å². The lowest BCUT2D eigenvalue weighted by Crippen LogP contribution is -2.62. The summed E-state index contributed by atoms with van der Waals surface area (Å²) in [6, 6.07) is 8.05. The molecule has 1 spiro atoms. The second kappa shape index (κ2) is 10.5. The van der Waals surface area contributed by atoms with Gasteiger partial charge in [0.1, 0.15) is 10.5 Å². The van der Waals surface area contributed by atoms with Crippen LogP contribution in [0.3, 0.4) is 0 Å². The van der Waals surface area contributed by atoms with E-state index in [4.69, 9.17) is 14.6 Å². The van der Waals surface area contributed by atoms with Crippen molar-refractivity contribution < 1.29 is 32.6 Å². The Morgan fingerprint density at radius 1 is 1.30 bits per heavy atom. The third-order valence-electron chi connectivity index (χ3n) is 5.54. The SMILES string of the molecule is COCCN1C(=O)C2(CCN(Cc3nccs3)CC2)Nc2ccccc21.O=C(O)C(F)(F)F. The Kier molecular flexibility index (Phi) is 7.92. The summed E-state index contributed by atoms with van der Waals surface area (Å²) in [5, 5.41) is 13.8. The fourth-order valence-electron chi connectivity index (χ4n) is 3.85. The first-order valence-corrected chi connectivity index (χ1v) is 11.1. The number of benzene rings is 1. The number of nitrogens with one attached hydrogen (secondary N) is 1. The van der Waals surface area contributed by atoms with E-state index in [1.54, 1.807) is 18.4 Å². The number of ether oxygens (including phenoxy) is 1. The summed E-state index contributed by atoms with van der Waals surface area (Å²) < 4.78 is 37.0. The summed E-state index contributed by atoms with van der Waals surface area (Å²) >= 11 is 1.69. The van der Waals surface area contributed by atoms with Crippen LogP contribution in [-0.2, 0) is 20.9 Å². The van der Waals surface area contributed by atoms with Gasteiger partial charge in [0.15, 0.2) is 0 Å². The number of likely N-dealkylation sites (tertiary alicyclic amines) is 1. The number of methoxy groups -OCH3 is 1. The summed E-state index contributed by atoms with van der Waals surface area (Å²) in [7, 11) is 1.67. The van der Waals surface area contributed by atoms with Gasteiger partial charge in [0.05, 0.1) is 24.5 Å². The van der Waals surface area contributed by atoms with Crippen molar-refractivity contribution in [3.63, 3.8) is 0 Å². The molecule has 0 aliphatic carbocycles. The maximum atomic E-state index is 13.4. The van der Waals surface area contributed by atoms with Crippen molar-refractivity contribution in [1.82, 2.24) is 9.88 Å². The fraction of sp³-hybridized carbons (Fsp3) is 0.476. The van der Waals surface area contributed by atoms with Crippen LogP contribution in [0.2, 0.25) is 0 Å². The number of rotatable bonds is 5. The van der Waals surface area contributed by atoms with Crippen molar-refractivity contribution in [2.75, 3.05) is 43.6 Å². The molecule has 2 aliphatic heterocycles. The molecule has 0 bridgehead atoms. The molecule has 0 saturated carbocycles. The number of carbonyl (C=O) groups is 2. The Morgan fingerprint density at radius 3 is 2.55 bits per heavy atom. The van der Waals surface area contributed by atoms with Gasteiger partial charge >= 0.3 is 12.1 Å². The van der Waals surface area contributed by atoms with Crippen LogP contribution in [0.15, 0.2) is 35.8 Å². The number of amides is 1. The normalized spacial score (nSPS) is 17.7. The van der Waals surface area contributed by atoms with Crippen LogP contribution < -0.4 is 10.2 Å². The maximum Gasteiger partial charge on any atom is 0.490 e. The number of hydrogen-bond acceptors (Lipinski definition) is 7. The Balaban J connectivity index is 0.000000383. The third-order valence-corrected chi connectivity index (χ3v) is 6.30. The lowest BCUT2D eigenvalue weighted by molar-refractivity contribution is -0.192. The molecule has 12 heteroatoms. The number of halogens is 3. The number of nitrogens with zero attached hydrogens (tertiary/aromatic N) is 3. The Labute approximate surface area is 193 Å². The van der Waals surface area contributed by atoms with Gasteiger partial charge in [0, 0.05) is 38.3 Å². The molecule has 0 atom stereocenters. The minimum absolute atomic E-state index is 0.169. The molecule has 3 heterocycles. The summed E-state index contributed by atoms with van der Waals surface area (Å²) in [4.78, 5) is 30.9. The first-order chi connectivity index (χ1) is 15.7. The van der Waals surface area contributed by atoms with Crippen LogP contribution in [0, 0.1) is 0 Å². The number of carboxylic acids is 1. The summed E-state index contributed by atoms with van der Waals surface area (Å²) in [5.74, 6) is -2.59. The zero-order chi connectivity index (χ0) is 24.1. The number of fused-ring (bicyclic) bond motifs is 1. The number of hydrogen-bond donors (Lipinski definition) is 2. The van der Waals surface area contributed by atoms with Crippen LogP contribution in [0.1, 0.15) is 17.8 Å². The minimum atomic E-state index is -5.08. The molecule has 2 aromatic rings. The number of carbonyl (C=O) groups excluding carboxylic acids is 1. The summed E-state index contributed by atoms with van der Waals surface area (Å²) in [6.45, 7) is 3.76. The van der Waals surface area contributed by atoms with E-state index in [1.807, 2.05) is 34.7 Å².